The molecule has 4 N–H and O–H groups in total. The Bertz CT molecular complexity index is 1290. The van der Waals surface area contributed by atoms with Gasteiger partial charge in [0.25, 0.3) is 0 Å². The number of para-hydroxylation sites is 2. The Balaban J connectivity index is 1.21. The molecule has 170 valence electrons. The van der Waals surface area contributed by atoms with Crippen LogP contribution >= 0.6 is 22.7 Å². The number of anilines is 4. The predicted octanol–water partition coefficient (Wildman–Crippen LogP) is 5.01. The molecule has 34 heavy (non-hydrogen) atoms. The third-order valence-corrected chi connectivity index (χ3v) is 6.71. The number of aromatic nitrogens is 2. The molecule has 0 unspecified atom stereocenters. The van der Waals surface area contributed by atoms with Crippen LogP contribution in [0.5, 0.6) is 0 Å². The molecule has 0 saturated heterocycles. The third-order valence-electron chi connectivity index (χ3n) is 4.84. The number of nitrogens with one attached hydrogen (secondary N) is 4. The number of nitrogens with zero attached hydrogens (tertiary/aromatic N) is 2. The van der Waals surface area contributed by atoms with Gasteiger partial charge in [0.15, 0.2) is 10.3 Å². The van der Waals surface area contributed by atoms with Gasteiger partial charge in [-0.1, -0.05) is 59.1 Å². The molecule has 2 heterocycles. The van der Waals surface area contributed by atoms with Gasteiger partial charge in [-0.3, -0.25) is 9.59 Å². The quantitative estimate of drug-likeness (QED) is 0.245. The lowest BCUT2D eigenvalue weighted by atomic mass is 10.3. The second-order valence-electron chi connectivity index (χ2n) is 7.36. The highest BCUT2D eigenvalue weighted by atomic mass is 32.1. The molecule has 0 aliphatic rings. The summed E-state index contributed by atoms with van der Waals surface area (Å²) in [5, 5.41) is 12.9. The van der Waals surface area contributed by atoms with Crippen molar-refractivity contribution in [3.05, 3.63) is 72.8 Å². The summed E-state index contributed by atoms with van der Waals surface area (Å²) in [4.78, 5) is 33.6. The second-order valence-corrected chi connectivity index (χ2v) is 9.42. The fourth-order valence-corrected chi connectivity index (χ4v) is 5.14. The molecule has 8 nitrogen and oxygen atoms in total. The molecule has 0 atom stereocenters. The van der Waals surface area contributed by atoms with Crippen LogP contribution in [0, 0.1) is 0 Å². The van der Waals surface area contributed by atoms with Crippen molar-refractivity contribution in [1.29, 1.82) is 0 Å². The van der Waals surface area contributed by atoms with Crippen LogP contribution in [0.4, 0.5) is 21.6 Å². The first-order valence-corrected chi connectivity index (χ1v) is 12.1. The Morgan fingerprint density at radius 1 is 0.647 bits per heavy atom. The SMILES string of the molecule is O=C(CNc1ccccc1)Nc1nc2cc3nc(NC(=O)CNc4ccccc4)sc3cc2s1. The van der Waals surface area contributed by atoms with Crippen LogP contribution in [-0.2, 0) is 9.59 Å². The normalized spacial score (nSPS) is 10.8. The van der Waals surface area contributed by atoms with E-state index in [9.17, 15) is 9.59 Å². The van der Waals surface area contributed by atoms with Crippen LogP contribution in [0.2, 0.25) is 0 Å². The Morgan fingerprint density at radius 3 is 1.53 bits per heavy atom. The zero-order valence-corrected chi connectivity index (χ0v) is 19.5. The number of rotatable bonds is 8. The van der Waals surface area contributed by atoms with Crippen LogP contribution in [-0.4, -0.2) is 34.9 Å². The standard InChI is InChI=1S/C24H20N6O2S2/c31-21(13-25-15-7-3-1-4-8-15)29-23-27-17-11-18-20(12-19(17)33-23)34-24(28-18)30-22(32)14-26-16-9-5-2-6-10-16/h1-12,25-26H,13-14H2,(H,27,29,31)(H,28,30,32). The van der Waals surface area contributed by atoms with E-state index in [1.807, 2.05) is 72.8 Å². The van der Waals surface area contributed by atoms with Crippen LogP contribution in [0.1, 0.15) is 0 Å². The second kappa shape index (κ2) is 9.86. The van der Waals surface area contributed by atoms with Gasteiger partial charge in [-0.05, 0) is 36.4 Å². The van der Waals surface area contributed by atoms with E-state index >= 15 is 0 Å². The van der Waals surface area contributed by atoms with Crippen molar-refractivity contribution in [3.8, 4) is 0 Å². The highest BCUT2D eigenvalue weighted by molar-refractivity contribution is 7.24. The molecule has 5 aromatic rings. The highest BCUT2D eigenvalue weighted by Gasteiger charge is 2.13. The van der Waals surface area contributed by atoms with Crippen LogP contribution in [0.15, 0.2) is 72.8 Å². The lowest BCUT2D eigenvalue weighted by Crippen LogP contribution is -2.21. The first-order valence-electron chi connectivity index (χ1n) is 10.5. The van der Waals surface area contributed by atoms with E-state index in [2.05, 4.69) is 31.2 Å². The minimum absolute atomic E-state index is 0.152. The van der Waals surface area contributed by atoms with Crippen LogP contribution in [0.25, 0.3) is 20.4 Å². The van der Waals surface area contributed by atoms with Gasteiger partial charge in [-0.25, -0.2) is 9.97 Å². The number of amides is 2. The molecule has 2 aromatic heterocycles. The topological polar surface area (TPSA) is 108 Å². The fraction of sp³-hybridized carbons (Fsp3) is 0.0833. The molecule has 0 radical (unpaired) electrons. The van der Waals surface area contributed by atoms with E-state index in [-0.39, 0.29) is 24.9 Å². The smallest absolute Gasteiger partial charge is 0.245 e. The molecule has 0 aliphatic heterocycles. The number of hydrogen-bond acceptors (Lipinski definition) is 8. The summed E-state index contributed by atoms with van der Waals surface area (Å²) in [7, 11) is 0. The van der Waals surface area contributed by atoms with Crippen molar-refractivity contribution in [2.24, 2.45) is 0 Å². The average Bonchev–Trinajstić information content (AvgIpc) is 3.42. The summed E-state index contributed by atoms with van der Waals surface area (Å²) in [6, 6.07) is 22.9. The van der Waals surface area contributed by atoms with E-state index < -0.39 is 0 Å². The van der Waals surface area contributed by atoms with Gasteiger partial charge in [-0.2, -0.15) is 0 Å². The third kappa shape index (κ3) is 5.30. The van der Waals surface area contributed by atoms with E-state index in [0.717, 1.165) is 31.8 Å². The maximum absolute atomic E-state index is 12.3. The van der Waals surface area contributed by atoms with Gasteiger partial charge in [0.05, 0.1) is 33.5 Å². The van der Waals surface area contributed by atoms with Gasteiger partial charge in [0.2, 0.25) is 11.8 Å². The van der Waals surface area contributed by atoms with E-state index in [1.165, 1.54) is 22.7 Å². The fourth-order valence-electron chi connectivity index (χ4n) is 3.26. The van der Waals surface area contributed by atoms with E-state index in [0.29, 0.717) is 10.3 Å². The molecular formula is C24H20N6O2S2. The van der Waals surface area contributed by atoms with Gasteiger partial charge >= 0.3 is 0 Å². The monoisotopic (exact) mass is 488 g/mol. The van der Waals surface area contributed by atoms with Gasteiger partial charge in [0, 0.05) is 11.4 Å². The van der Waals surface area contributed by atoms with E-state index in [1.54, 1.807) is 0 Å². The van der Waals surface area contributed by atoms with Crippen LogP contribution < -0.4 is 21.3 Å². The number of carbonyl (C=O) groups is 2. The van der Waals surface area contributed by atoms with Crippen molar-refractivity contribution in [3.63, 3.8) is 0 Å². The van der Waals surface area contributed by atoms with E-state index in [4.69, 9.17) is 0 Å². The van der Waals surface area contributed by atoms with Crippen molar-refractivity contribution in [2.45, 2.75) is 0 Å². The molecule has 5 rings (SSSR count). The van der Waals surface area contributed by atoms with Crippen molar-refractivity contribution in [2.75, 3.05) is 34.4 Å². The zero-order valence-electron chi connectivity index (χ0n) is 17.9. The minimum Gasteiger partial charge on any atom is -0.376 e. The molecule has 3 aromatic carbocycles. The lowest BCUT2D eigenvalue weighted by Gasteiger charge is -2.05. The number of thiazole rings is 2. The maximum Gasteiger partial charge on any atom is 0.245 e. The number of benzene rings is 3. The molecular weight excluding hydrogens is 468 g/mol. The van der Waals surface area contributed by atoms with Crippen molar-refractivity contribution < 1.29 is 9.59 Å². The highest BCUT2D eigenvalue weighted by Crippen LogP contribution is 2.34. The Hall–Kier alpha value is -4.02. The van der Waals surface area contributed by atoms with Crippen molar-refractivity contribution >= 4 is 76.6 Å². The average molecular weight is 489 g/mol. The molecule has 0 spiro atoms. The zero-order chi connectivity index (χ0) is 23.3. The largest absolute Gasteiger partial charge is 0.376 e. The first-order chi connectivity index (χ1) is 16.6. The lowest BCUT2D eigenvalue weighted by molar-refractivity contribution is -0.115. The summed E-state index contributed by atoms with van der Waals surface area (Å²) < 4.78 is 1.87. The molecule has 2 amide bonds. The number of hydrogen-bond donors (Lipinski definition) is 4. The predicted molar refractivity (Wildman–Crippen MR) is 140 cm³/mol. The van der Waals surface area contributed by atoms with Crippen molar-refractivity contribution in [1.82, 2.24) is 9.97 Å². The molecule has 0 aliphatic carbocycles. The molecule has 0 saturated carbocycles. The number of fused-ring (bicyclic) bond motifs is 2. The van der Waals surface area contributed by atoms with Gasteiger partial charge in [0.1, 0.15) is 0 Å². The molecule has 10 heteroatoms. The maximum atomic E-state index is 12.3. The minimum atomic E-state index is -0.169. The number of carbonyl (C=O) groups excluding carboxylic acids is 2. The summed E-state index contributed by atoms with van der Waals surface area (Å²) in [5.41, 5.74) is 3.26. The first kappa shape index (κ1) is 21.8. The van der Waals surface area contributed by atoms with Crippen LogP contribution in [0.3, 0.4) is 0 Å². The summed E-state index contributed by atoms with van der Waals surface area (Å²) in [6.45, 7) is 0.303. The Labute approximate surface area is 203 Å². The molecule has 0 bridgehead atoms. The molecule has 0 fully saturated rings. The van der Waals surface area contributed by atoms with Gasteiger partial charge in [-0.15, -0.1) is 0 Å². The summed E-state index contributed by atoms with van der Waals surface area (Å²) in [6.07, 6.45) is 0. The Kier molecular flexibility index (Phi) is 6.32. The Morgan fingerprint density at radius 2 is 1.09 bits per heavy atom. The summed E-state index contributed by atoms with van der Waals surface area (Å²) >= 11 is 2.80. The van der Waals surface area contributed by atoms with Gasteiger partial charge < -0.3 is 21.3 Å². The summed E-state index contributed by atoms with van der Waals surface area (Å²) in [5.74, 6) is -0.339.